The molecule has 3 rings (SSSR count). The highest BCUT2D eigenvalue weighted by Crippen LogP contribution is 2.27. The minimum atomic E-state index is -1.53. The fourth-order valence-electron chi connectivity index (χ4n) is 3.12. The number of ketones is 1. The van der Waals surface area contributed by atoms with E-state index in [0.29, 0.717) is 5.69 Å². The number of methoxy groups -OCH3 is 1. The summed E-state index contributed by atoms with van der Waals surface area (Å²) in [6.45, 7) is 1.32. The number of hydrogen-bond acceptors (Lipinski definition) is 8. The SMILES string of the molecule is COC(Oc1ccc(C(=O)Cc2ccc3ccccc3n2)c(O)c1)C(O)C(O)C(C)O. The number of carbonyl (C=O) groups is 1. The van der Waals surface area contributed by atoms with Crippen molar-refractivity contribution in [2.45, 2.75) is 37.9 Å². The van der Waals surface area contributed by atoms with Crippen molar-refractivity contribution in [1.82, 2.24) is 4.98 Å². The summed E-state index contributed by atoms with van der Waals surface area (Å²) < 4.78 is 10.5. The van der Waals surface area contributed by atoms with Crippen molar-refractivity contribution >= 4 is 16.7 Å². The van der Waals surface area contributed by atoms with E-state index in [4.69, 9.17) is 9.47 Å². The lowest BCUT2D eigenvalue weighted by Crippen LogP contribution is -2.46. The normalized spacial score (nSPS) is 15.3. The van der Waals surface area contributed by atoms with Crippen LogP contribution in [0.5, 0.6) is 11.5 Å². The van der Waals surface area contributed by atoms with Crippen molar-refractivity contribution in [2.75, 3.05) is 7.11 Å². The number of aliphatic hydroxyl groups is 3. The van der Waals surface area contributed by atoms with Crippen LogP contribution in [-0.4, -0.2) is 62.9 Å². The molecule has 2 aromatic carbocycles. The summed E-state index contributed by atoms with van der Waals surface area (Å²) in [5.74, 6) is -0.509. The standard InChI is InChI=1S/C23H25NO7/c1-13(25)21(28)22(29)23(30-2)31-16-9-10-17(20(27)12-16)19(26)11-15-8-7-14-5-3-4-6-18(14)24-15/h3-10,12-13,21-23,25,27-29H,11H2,1-2H3. The van der Waals surface area contributed by atoms with Gasteiger partial charge in [0, 0.05) is 24.3 Å². The van der Waals surface area contributed by atoms with Crippen LogP contribution in [0.1, 0.15) is 23.0 Å². The van der Waals surface area contributed by atoms with E-state index in [2.05, 4.69) is 4.98 Å². The van der Waals surface area contributed by atoms with Gasteiger partial charge in [0.15, 0.2) is 5.78 Å². The molecule has 0 amide bonds. The van der Waals surface area contributed by atoms with Crippen molar-refractivity contribution in [3.63, 3.8) is 0 Å². The number of pyridine rings is 1. The largest absolute Gasteiger partial charge is 0.507 e. The topological polar surface area (TPSA) is 129 Å². The number of aliphatic hydroxyl groups excluding tert-OH is 3. The third kappa shape index (κ3) is 5.36. The highest BCUT2D eigenvalue weighted by atomic mass is 16.7. The van der Waals surface area contributed by atoms with E-state index in [1.165, 1.54) is 32.2 Å². The number of carbonyl (C=O) groups excluding carboxylic acids is 1. The van der Waals surface area contributed by atoms with Crippen LogP contribution in [0.4, 0.5) is 0 Å². The first kappa shape index (κ1) is 22.6. The molecule has 0 aliphatic rings. The minimum absolute atomic E-state index is 0.0125. The molecule has 0 saturated carbocycles. The molecule has 4 unspecified atom stereocenters. The number of aromatic hydroxyl groups is 1. The van der Waals surface area contributed by atoms with Gasteiger partial charge in [-0.3, -0.25) is 9.78 Å². The molecule has 0 fully saturated rings. The van der Waals surface area contributed by atoms with Gasteiger partial charge in [-0.05, 0) is 31.2 Å². The van der Waals surface area contributed by atoms with Crippen LogP contribution in [-0.2, 0) is 11.2 Å². The summed E-state index contributed by atoms with van der Waals surface area (Å²) in [6.07, 6.45) is -5.51. The molecule has 3 aromatic rings. The second-order valence-corrected chi connectivity index (χ2v) is 7.22. The molecule has 1 heterocycles. The molecule has 0 aliphatic carbocycles. The molecule has 164 valence electrons. The number of phenols is 1. The van der Waals surface area contributed by atoms with E-state index in [-0.39, 0.29) is 29.3 Å². The van der Waals surface area contributed by atoms with Crippen molar-refractivity contribution in [3.05, 3.63) is 65.9 Å². The van der Waals surface area contributed by atoms with Gasteiger partial charge in [-0.25, -0.2) is 0 Å². The summed E-state index contributed by atoms with van der Waals surface area (Å²) in [5, 5.41) is 40.6. The van der Waals surface area contributed by atoms with Gasteiger partial charge in [-0.2, -0.15) is 0 Å². The number of hydrogen-bond donors (Lipinski definition) is 4. The lowest BCUT2D eigenvalue weighted by Gasteiger charge is -2.27. The number of ether oxygens (including phenoxy) is 2. The van der Waals surface area contributed by atoms with Crippen molar-refractivity contribution in [3.8, 4) is 11.5 Å². The number of para-hydroxylation sites is 1. The molecular formula is C23H25NO7. The second kappa shape index (κ2) is 9.84. The maximum atomic E-state index is 12.7. The Morgan fingerprint density at radius 2 is 1.77 bits per heavy atom. The van der Waals surface area contributed by atoms with Crippen LogP contribution in [0.25, 0.3) is 10.9 Å². The summed E-state index contributed by atoms with van der Waals surface area (Å²) >= 11 is 0. The van der Waals surface area contributed by atoms with E-state index < -0.39 is 24.6 Å². The molecule has 0 saturated heterocycles. The molecule has 4 atom stereocenters. The Hall–Kier alpha value is -3.04. The van der Waals surface area contributed by atoms with E-state index in [0.717, 1.165) is 10.9 Å². The van der Waals surface area contributed by atoms with E-state index in [1.807, 2.05) is 30.3 Å². The zero-order chi connectivity index (χ0) is 22.5. The second-order valence-electron chi connectivity index (χ2n) is 7.22. The first-order valence-electron chi connectivity index (χ1n) is 9.74. The number of benzene rings is 2. The summed E-state index contributed by atoms with van der Waals surface area (Å²) in [5.41, 5.74) is 1.46. The minimum Gasteiger partial charge on any atom is -0.507 e. The van der Waals surface area contributed by atoms with Gasteiger partial charge in [0.2, 0.25) is 6.29 Å². The summed E-state index contributed by atoms with van der Waals surface area (Å²) in [4.78, 5) is 17.1. The Kier molecular flexibility index (Phi) is 7.19. The molecule has 4 N–H and O–H groups in total. The number of fused-ring (bicyclic) bond motifs is 1. The van der Waals surface area contributed by atoms with Crippen molar-refractivity contribution < 1.29 is 34.7 Å². The van der Waals surface area contributed by atoms with Crippen LogP contribution in [0.2, 0.25) is 0 Å². The fourth-order valence-corrected chi connectivity index (χ4v) is 3.12. The number of Topliss-reactive ketones (excluding diaryl/α,β-unsaturated/α-hetero) is 1. The van der Waals surface area contributed by atoms with Crippen LogP contribution in [0.15, 0.2) is 54.6 Å². The molecule has 8 nitrogen and oxygen atoms in total. The van der Waals surface area contributed by atoms with Gasteiger partial charge in [-0.15, -0.1) is 0 Å². The Bertz CT molecular complexity index is 1050. The molecule has 0 spiro atoms. The van der Waals surface area contributed by atoms with Crippen LogP contribution in [0, 0.1) is 0 Å². The Morgan fingerprint density at radius 1 is 1.03 bits per heavy atom. The fraction of sp³-hybridized carbons (Fsp3) is 0.304. The molecule has 31 heavy (non-hydrogen) atoms. The van der Waals surface area contributed by atoms with Crippen molar-refractivity contribution in [2.24, 2.45) is 0 Å². The number of rotatable bonds is 9. The monoisotopic (exact) mass is 427 g/mol. The van der Waals surface area contributed by atoms with E-state index >= 15 is 0 Å². The van der Waals surface area contributed by atoms with Gasteiger partial charge in [-0.1, -0.05) is 24.3 Å². The van der Waals surface area contributed by atoms with Gasteiger partial charge < -0.3 is 29.9 Å². The zero-order valence-electron chi connectivity index (χ0n) is 17.2. The van der Waals surface area contributed by atoms with Gasteiger partial charge >= 0.3 is 0 Å². The first-order valence-corrected chi connectivity index (χ1v) is 9.74. The van der Waals surface area contributed by atoms with Gasteiger partial charge in [0.25, 0.3) is 0 Å². The number of aromatic nitrogens is 1. The van der Waals surface area contributed by atoms with Gasteiger partial charge in [0.1, 0.15) is 23.7 Å². The quantitative estimate of drug-likeness (QED) is 0.301. The number of phenolic OH excluding ortho intramolecular Hbond substituents is 1. The molecule has 8 heteroatoms. The van der Waals surface area contributed by atoms with Crippen molar-refractivity contribution in [1.29, 1.82) is 0 Å². The average molecular weight is 427 g/mol. The van der Waals surface area contributed by atoms with E-state index in [9.17, 15) is 25.2 Å². The molecular weight excluding hydrogens is 402 g/mol. The zero-order valence-corrected chi connectivity index (χ0v) is 17.2. The Morgan fingerprint density at radius 3 is 2.45 bits per heavy atom. The Balaban J connectivity index is 1.72. The molecule has 0 aliphatic heterocycles. The highest BCUT2D eigenvalue weighted by Gasteiger charge is 2.31. The molecule has 0 bridgehead atoms. The predicted octanol–water partition coefficient (Wildman–Crippen LogP) is 1.82. The average Bonchev–Trinajstić information content (AvgIpc) is 2.76. The summed E-state index contributed by atoms with van der Waals surface area (Å²) in [6, 6.07) is 15.3. The predicted molar refractivity (Wildman–Crippen MR) is 113 cm³/mol. The lowest BCUT2D eigenvalue weighted by atomic mass is 10.0. The Labute approximate surface area is 179 Å². The van der Waals surface area contributed by atoms with Gasteiger partial charge in [0.05, 0.1) is 23.6 Å². The van der Waals surface area contributed by atoms with Crippen LogP contribution in [0.3, 0.4) is 0 Å². The smallest absolute Gasteiger partial charge is 0.228 e. The third-order valence-electron chi connectivity index (χ3n) is 4.87. The first-order chi connectivity index (χ1) is 14.8. The molecule has 1 aromatic heterocycles. The number of nitrogens with zero attached hydrogens (tertiary/aromatic N) is 1. The van der Waals surface area contributed by atoms with Crippen LogP contribution < -0.4 is 4.74 Å². The maximum absolute atomic E-state index is 12.7. The maximum Gasteiger partial charge on any atom is 0.228 e. The molecule has 0 radical (unpaired) electrons. The van der Waals surface area contributed by atoms with E-state index in [1.54, 1.807) is 6.07 Å². The lowest BCUT2D eigenvalue weighted by molar-refractivity contribution is -0.176. The third-order valence-corrected chi connectivity index (χ3v) is 4.87. The highest BCUT2D eigenvalue weighted by molar-refractivity contribution is 6.00. The summed E-state index contributed by atoms with van der Waals surface area (Å²) in [7, 11) is 1.26. The van der Waals surface area contributed by atoms with Crippen LogP contribution >= 0.6 is 0 Å².